The van der Waals surface area contributed by atoms with Crippen molar-refractivity contribution in [2.45, 2.75) is 26.8 Å². The van der Waals surface area contributed by atoms with E-state index in [4.69, 9.17) is 5.11 Å². The minimum atomic E-state index is -0.976. The molecule has 0 saturated carbocycles. The minimum absolute atomic E-state index is 0.114. The second-order valence-electron chi connectivity index (χ2n) is 4.19. The summed E-state index contributed by atoms with van der Waals surface area (Å²) in [5.74, 6) is -1.52. The first-order valence-electron chi connectivity index (χ1n) is 5.17. The molecule has 0 spiro atoms. The lowest BCUT2D eigenvalue weighted by Crippen LogP contribution is -2.34. The van der Waals surface area contributed by atoms with Gasteiger partial charge in [0.25, 0.3) is 0 Å². The Morgan fingerprint density at radius 3 is 2.56 bits per heavy atom. The van der Waals surface area contributed by atoms with Gasteiger partial charge in [0.1, 0.15) is 11.9 Å². The first-order chi connectivity index (χ1) is 7.41. The van der Waals surface area contributed by atoms with Crippen molar-refractivity contribution in [1.29, 1.82) is 0 Å². The molecule has 1 unspecified atom stereocenters. The van der Waals surface area contributed by atoms with E-state index >= 15 is 0 Å². The Morgan fingerprint density at radius 1 is 1.44 bits per heavy atom. The lowest BCUT2D eigenvalue weighted by atomic mass is 10.0. The van der Waals surface area contributed by atoms with E-state index < -0.39 is 17.8 Å². The van der Waals surface area contributed by atoms with Gasteiger partial charge in [0.15, 0.2) is 0 Å². The van der Waals surface area contributed by atoms with Crippen molar-refractivity contribution in [2.75, 3.05) is 5.32 Å². The monoisotopic (exact) mass is 225 g/mol. The number of hydrogen-bond acceptors (Lipinski definition) is 2. The molecule has 1 aromatic rings. The van der Waals surface area contributed by atoms with Gasteiger partial charge < -0.3 is 10.4 Å². The van der Waals surface area contributed by atoms with E-state index in [1.54, 1.807) is 26.0 Å². The Bertz CT molecular complexity index is 391. The number of nitrogens with one attached hydrogen (secondary N) is 1. The van der Waals surface area contributed by atoms with Gasteiger partial charge in [-0.2, -0.15) is 0 Å². The molecule has 3 nitrogen and oxygen atoms in total. The fraction of sp³-hybridized carbons (Fsp3) is 0.417. The molecule has 4 heteroatoms. The summed E-state index contributed by atoms with van der Waals surface area (Å²) < 4.78 is 13.4. The van der Waals surface area contributed by atoms with Crippen LogP contribution in [0.2, 0.25) is 0 Å². The summed E-state index contributed by atoms with van der Waals surface area (Å²) in [5, 5.41) is 11.7. The summed E-state index contributed by atoms with van der Waals surface area (Å²) in [7, 11) is 0. The van der Waals surface area contributed by atoms with E-state index in [0.717, 1.165) is 5.56 Å². The van der Waals surface area contributed by atoms with Gasteiger partial charge in [-0.3, -0.25) is 0 Å². The Kier molecular flexibility index (Phi) is 3.88. The van der Waals surface area contributed by atoms with E-state index in [0.29, 0.717) is 0 Å². The maximum atomic E-state index is 13.4. The molecule has 0 aromatic heterocycles. The maximum absolute atomic E-state index is 13.4. The summed E-state index contributed by atoms with van der Waals surface area (Å²) in [6.07, 6.45) is 0. The standard InChI is InChI=1S/C12H16FNO2/c1-7(2)11(12(15)16)14-10-6-8(3)4-5-9(10)13/h4-7,11,14H,1-3H3,(H,15,16). The predicted molar refractivity (Wildman–Crippen MR) is 61.0 cm³/mol. The van der Waals surface area contributed by atoms with Crippen LogP contribution in [0.4, 0.5) is 10.1 Å². The zero-order valence-electron chi connectivity index (χ0n) is 9.62. The predicted octanol–water partition coefficient (Wildman–Crippen LogP) is 2.66. The Hall–Kier alpha value is -1.58. The SMILES string of the molecule is Cc1ccc(F)c(NC(C(=O)O)C(C)C)c1. The maximum Gasteiger partial charge on any atom is 0.326 e. The third kappa shape index (κ3) is 2.95. The van der Waals surface area contributed by atoms with Crippen LogP contribution in [-0.2, 0) is 4.79 Å². The molecule has 0 aliphatic carbocycles. The first-order valence-corrected chi connectivity index (χ1v) is 5.17. The topological polar surface area (TPSA) is 49.3 Å². The highest BCUT2D eigenvalue weighted by atomic mass is 19.1. The number of benzene rings is 1. The first kappa shape index (κ1) is 12.5. The van der Waals surface area contributed by atoms with Crippen molar-refractivity contribution in [1.82, 2.24) is 0 Å². The highest BCUT2D eigenvalue weighted by Gasteiger charge is 2.22. The van der Waals surface area contributed by atoms with Gasteiger partial charge in [-0.1, -0.05) is 19.9 Å². The number of halogens is 1. The van der Waals surface area contributed by atoms with Gasteiger partial charge in [-0.25, -0.2) is 9.18 Å². The van der Waals surface area contributed by atoms with Crippen LogP contribution in [0.25, 0.3) is 0 Å². The number of rotatable bonds is 4. The number of anilines is 1. The van der Waals surface area contributed by atoms with Crippen LogP contribution in [0, 0.1) is 18.7 Å². The van der Waals surface area contributed by atoms with Crippen LogP contribution in [0.1, 0.15) is 19.4 Å². The number of carboxylic acids is 1. The average Bonchev–Trinajstić information content (AvgIpc) is 2.18. The van der Waals surface area contributed by atoms with E-state index in [1.165, 1.54) is 6.07 Å². The smallest absolute Gasteiger partial charge is 0.326 e. The number of carbonyl (C=O) groups is 1. The molecule has 0 bridgehead atoms. The number of carboxylic acid groups (broad SMARTS) is 1. The van der Waals surface area contributed by atoms with E-state index in [2.05, 4.69) is 5.32 Å². The van der Waals surface area contributed by atoms with Crippen molar-refractivity contribution < 1.29 is 14.3 Å². The zero-order valence-corrected chi connectivity index (χ0v) is 9.62. The lowest BCUT2D eigenvalue weighted by Gasteiger charge is -2.19. The van der Waals surface area contributed by atoms with Gasteiger partial charge in [0.05, 0.1) is 5.69 Å². The van der Waals surface area contributed by atoms with E-state index in [9.17, 15) is 9.18 Å². The molecule has 2 N–H and O–H groups in total. The van der Waals surface area contributed by atoms with Crippen LogP contribution in [0.3, 0.4) is 0 Å². The molecule has 16 heavy (non-hydrogen) atoms. The molecule has 0 aliphatic rings. The molecular formula is C12H16FNO2. The third-order valence-electron chi connectivity index (χ3n) is 2.37. The zero-order chi connectivity index (χ0) is 12.3. The number of aryl methyl sites for hydroxylation is 1. The lowest BCUT2D eigenvalue weighted by molar-refractivity contribution is -0.138. The quantitative estimate of drug-likeness (QED) is 0.828. The van der Waals surface area contributed by atoms with Crippen molar-refractivity contribution in [3.8, 4) is 0 Å². The van der Waals surface area contributed by atoms with Crippen LogP contribution in [-0.4, -0.2) is 17.1 Å². The molecule has 0 saturated heterocycles. The van der Waals surface area contributed by atoms with Gasteiger partial charge in [-0.05, 0) is 30.5 Å². The normalized spacial score (nSPS) is 12.6. The summed E-state index contributed by atoms with van der Waals surface area (Å²) in [6, 6.07) is 3.80. The van der Waals surface area contributed by atoms with Crippen LogP contribution in [0.5, 0.6) is 0 Å². The molecule has 0 heterocycles. The second kappa shape index (κ2) is 4.96. The van der Waals surface area contributed by atoms with Crippen molar-refractivity contribution in [2.24, 2.45) is 5.92 Å². The fourth-order valence-corrected chi connectivity index (χ4v) is 1.43. The van der Waals surface area contributed by atoms with Crippen LogP contribution < -0.4 is 5.32 Å². The van der Waals surface area contributed by atoms with Crippen LogP contribution >= 0.6 is 0 Å². The van der Waals surface area contributed by atoms with Crippen molar-refractivity contribution in [3.05, 3.63) is 29.6 Å². The fourth-order valence-electron chi connectivity index (χ4n) is 1.43. The van der Waals surface area contributed by atoms with Gasteiger partial charge in [0, 0.05) is 0 Å². The second-order valence-corrected chi connectivity index (χ2v) is 4.19. The molecule has 1 aromatic carbocycles. The van der Waals surface area contributed by atoms with E-state index in [1.807, 2.05) is 6.92 Å². The summed E-state index contributed by atoms with van der Waals surface area (Å²) in [4.78, 5) is 11.0. The van der Waals surface area contributed by atoms with Crippen molar-refractivity contribution in [3.63, 3.8) is 0 Å². The van der Waals surface area contributed by atoms with E-state index in [-0.39, 0.29) is 11.6 Å². The molecule has 1 rings (SSSR count). The summed E-state index contributed by atoms with van der Waals surface area (Å²) in [5.41, 5.74) is 1.12. The Balaban J connectivity index is 2.93. The number of hydrogen-bond donors (Lipinski definition) is 2. The Morgan fingerprint density at radius 2 is 2.06 bits per heavy atom. The molecule has 0 aliphatic heterocycles. The molecular weight excluding hydrogens is 209 g/mol. The summed E-state index contributed by atoms with van der Waals surface area (Å²) >= 11 is 0. The molecule has 0 fully saturated rings. The molecule has 1 atom stereocenters. The molecule has 88 valence electrons. The molecule has 0 amide bonds. The van der Waals surface area contributed by atoms with Crippen molar-refractivity contribution >= 4 is 11.7 Å². The highest BCUT2D eigenvalue weighted by Crippen LogP contribution is 2.18. The van der Waals surface area contributed by atoms with Crippen LogP contribution in [0.15, 0.2) is 18.2 Å². The average molecular weight is 225 g/mol. The minimum Gasteiger partial charge on any atom is -0.480 e. The van der Waals surface area contributed by atoms with Gasteiger partial charge in [0.2, 0.25) is 0 Å². The summed E-state index contributed by atoms with van der Waals surface area (Å²) in [6.45, 7) is 5.38. The highest BCUT2D eigenvalue weighted by molar-refractivity contribution is 5.77. The van der Waals surface area contributed by atoms with Gasteiger partial charge in [-0.15, -0.1) is 0 Å². The largest absolute Gasteiger partial charge is 0.480 e. The molecule has 0 radical (unpaired) electrons. The Labute approximate surface area is 94.3 Å². The third-order valence-corrected chi connectivity index (χ3v) is 2.37. The number of aliphatic carboxylic acids is 1. The van der Waals surface area contributed by atoms with Gasteiger partial charge >= 0.3 is 5.97 Å².